The van der Waals surface area contributed by atoms with E-state index in [4.69, 9.17) is 0 Å². The fourth-order valence-corrected chi connectivity index (χ4v) is 2.24. The highest BCUT2D eigenvalue weighted by molar-refractivity contribution is 9.10. The third-order valence-electron chi connectivity index (χ3n) is 2.48. The number of carbonyl (C=O) groups is 1. The summed E-state index contributed by atoms with van der Waals surface area (Å²) in [6.07, 6.45) is 0.420. The molecule has 0 saturated heterocycles. The third-order valence-corrected chi connectivity index (χ3v) is 3.78. The minimum atomic E-state index is 0.129. The highest BCUT2D eigenvalue weighted by Crippen LogP contribution is 2.19. The predicted octanol–water partition coefficient (Wildman–Crippen LogP) is 4.64. The van der Waals surface area contributed by atoms with E-state index in [0.29, 0.717) is 6.42 Å². The summed E-state index contributed by atoms with van der Waals surface area (Å²) in [5.41, 5.74) is 1.75. The summed E-state index contributed by atoms with van der Waals surface area (Å²) in [4.78, 5) is 12.0. The minimum Gasteiger partial charge on any atom is -0.294 e. The first-order chi connectivity index (χ1) is 8.16. The van der Waals surface area contributed by atoms with E-state index in [0.717, 1.165) is 20.1 Å². The monoisotopic (exact) mass is 352 g/mol. The van der Waals surface area contributed by atoms with Crippen molar-refractivity contribution in [1.82, 2.24) is 0 Å². The molecule has 0 spiro atoms. The zero-order valence-electron chi connectivity index (χ0n) is 8.99. The predicted molar refractivity (Wildman–Crippen MR) is 76.3 cm³/mol. The molecule has 0 radical (unpaired) electrons. The molecule has 0 aliphatic heterocycles. The summed E-state index contributed by atoms with van der Waals surface area (Å²) < 4.78 is 1.96. The van der Waals surface area contributed by atoms with Crippen LogP contribution in [0.25, 0.3) is 0 Å². The quantitative estimate of drug-likeness (QED) is 0.735. The van der Waals surface area contributed by atoms with Crippen molar-refractivity contribution < 1.29 is 4.79 Å². The van der Waals surface area contributed by atoms with E-state index in [1.165, 1.54) is 0 Å². The SMILES string of the molecule is O=C(Cc1ccccc1Br)c1ccc(Br)cc1. The number of carbonyl (C=O) groups excluding carboxylic acids is 1. The first-order valence-electron chi connectivity index (χ1n) is 5.19. The zero-order valence-corrected chi connectivity index (χ0v) is 12.2. The second kappa shape index (κ2) is 5.61. The van der Waals surface area contributed by atoms with Crippen molar-refractivity contribution in [2.24, 2.45) is 0 Å². The molecular formula is C14H10Br2O. The lowest BCUT2D eigenvalue weighted by atomic mass is 10.0. The van der Waals surface area contributed by atoms with Gasteiger partial charge in [-0.2, -0.15) is 0 Å². The number of hydrogen-bond donors (Lipinski definition) is 0. The average molecular weight is 354 g/mol. The van der Waals surface area contributed by atoms with E-state index in [1.54, 1.807) is 0 Å². The Labute approximate surface area is 117 Å². The van der Waals surface area contributed by atoms with Crippen LogP contribution in [-0.4, -0.2) is 5.78 Å². The Bertz CT molecular complexity index is 532. The van der Waals surface area contributed by atoms with E-state index in [9.17, 15) is 4.79 Å². The standard InChI is InChI=1S/C14H10Br2O/c15-12-7-5-10(6-8-12)14(17)9-11-3-1-2-4-13(11)16/h1-8H,9H2. The summed E-state index contributed by atoms with van der Waals surface area (Å²) in [7, 11) is 0. The number of Topliss-reactive ketones (excluding diaryl/α,β-unsaturated/α-hetero) is 1. The van der Waals surface area contributed by atoms with E-state index in [-0.39, 0.29) is 5.78 Å². The van der Waals surface area contributed by atoms with Crippen molar-refractivity contribution in [2.75, 3.05) is 0 Å². The molecule has 86 valence electrons. The van der Waals surface area contributed by atoms with Gasteiger partial charge < -0.3 is 0 Å². The van der Waals surface area contributed by atoms with Gasteiger partial charge in [-0.05, 0) is 23.8 Å². The summed E-state index contributed by atoms with van der Waals surface area (Å²) >= 11 is 6.80. The average Bonchev–Trinajstić information content (AvgIpc) is 2.33. The van der Waals surface area contributed by atoms with Gasteiger partial charge in [0.05, 0.1) is 0 Å². The second-order valence-electron chi connectivity index (χ2n) is 3.70. The van der Waals surface area contributed by atoms with Crippen LogP contribution in [0.2, 0.25) is 0 Å². The van der Waals surface area contributed by atoms with Crippen molar-refractivity contribution in [3.8, 4) is 0 Å². The number of benzene rings is 2. The van der Waals surface area contributed by atoms with Gasteiger partial charge in [-0.25, -0.2) is 0 Å². The third kappa shape index (κ3) is 3.27. The molecule has 0 fully saturated rings. The van der Waals surface area contributed by atoms with Crippen LogP contribution >= 0.6 is 31.9 Å². The minimum absolute atomic E-state index is 0.129. The van der Waals surface area contributed by atoms with Gasteiger partial charge in [0.2, 0.25) is 0 Å². The maximum absolute atomic E-state index is 12.0. The Morgan fingerprint density at radius 2 is 1.59 bits per heavy atom. The van der Waals surface area contributed by atoms with Gasteiger partial charge in [0, 0.05) is 20.9 Å². The molecule has 2 aromatic carbocycles. The molecule has 3 heteroatoms. The molecule has 0 aliphatic carbocycles. The fraction of sp³-hybridized carbons (Fsp3) is 0.0714. The van der Waals surface area contributed by atoms with Crippen molar-refractivity contribution in [3.63, 3.8) is 0 Å². The topological polar surface area (TPSA) is 17.1 Å². The van der Waals surface area contributed by atoms with E-state index in [2.05, 4.69) is 31.9 Å². The summed E-state index contributed by atoms with van der Waals surface area (Å²) in [6, 6.07) is 15.2. The smallest absolute Gasteiger partial charge is 0.167 e. The molecular weight excluding hydrogens is 344 g/mol. The lowest BCUT2D eigenvalue weighted by molar-refractivity contribution is 0.0993. The molecule has 17 heavy (non-hydrogen) atoms. The first-order valence-corrected chi connectivity index (χ1v) is 6.77. The number of halogens is 2. The lowest BCUT2D eigenvalue weighted by Gasteiger charge is -2.04. The van der Waals surface area contributed by atoms with Crippen LogP contribution in [0.15, 0.2) is 57.5 Å². The lowest BCUT2D eigenvalue weighted by Crippen LogP contribution is -2.03. The second-order valence-corrected chi connectivity index (χ2v) is 5.47. The Morgan fingerprint density at radius 1 is 0.941 bits per heavy atom. The van der Waals surface area contributed by atoms with Crippen molar-refractivity contribution >= 4 is 37.6 Å². The largest absolute Gasteiger partial charge is 0.294 e. The molecule has 0 aliphatic rings. The fourth-order valence-electron chi connectivity index (χ4n) is 1.55. The number of rotatable bonds is 3. The highest BCUT2D eigenvalue weighted by atomic mass is 79.9. The molecule has 0 unspecified atom stereocenters. The van der Waals surface area contributed by atoms with Gasteiger partial charge in [-0.15, -0.1) is 0 Å². The summed E-state index contributed by atoms with van der Waals surface area (Å²) in [5.74, 6) is 0.129. The van der Waals surface area contributed by atoms with Gasteiger partial charge in [0.25, 0.3) is 0 Å². The van der Waals surface area contributed by atoms with Crippen LogP contribution < -0.4 is 0 Å². The molecule has 2 rings (SSSR count). The Morgan fingerprint density at radius 3 is 2.24 bits per heavy atom. The van der Waals surface area contributed by atoms with Crippen LogP contribution in [0.3, 0.4) is 0 Å². The van der Waals surface area contributed by atoms with Crippen LogP contribution in [0.1, 0.15) is 15.9 Å². The van der Waals surface area contributed by atoms with Crippen LogP contribution in [-0.2, 0) is 6.42 Å². The normalized spacial score (nSPS) is 10.2. The van der Waals surface area contributed by atoms with Gasteiger partial charge in [-0.1, -0.05) is 62.2 Å². The van der Waals surface area contributed by atoms with Gasteiger partial charge in [0.1, 0.15) is 0 Å². The molecule has 0 bridgehead atoms. The first kappa shape index (κ1) is 12.5. The Balaban J connectivity index is 2.17. The molecule has 0 N–H and O–H groups in total. The maximum atomic E-state index is 12.0. The molecule has 0 heterocycles. The molecule has 2 aromatic rings. The molecule has 0 atom stereocenters. The van der Waals surface area contributed by atoms with Crippen molar-refractivity contribution in [3.05, 3.63) is 68.6 Å². The summed E-state index contributed by atoms with van der Waals surface area (Å²) in [6.45, 7) is 0. The van der Waals surface area contributed by atoms with Crippen LogP contribution in [0.5, 0.6) is 0 Å². The molecule has 0 aromatic heterocycles. The number of hydrogen-bond acceptors (Lipinski definition) is 1. The zero-order chi connectivity index (χ0) is 12.3. The molecule has 0 amide bonds. The van der Waals surface area contributed by atoms with Gasteiger partial charge in [0.15, 0.2) is 5.78 Å². The van der Waals surface area contributed by atoms with Crippen molar-refractivity contribution in [2.45, 2.75) is 6.42 Å². The van der Waals surface area contributed by atoms with Crippen LogP contribution in [0.4, 0.5) is 0 Å². The van der Waals surface area contributed by atoms with Gasteiger partial charge in [-0.3, -0.25) is 4.79 Å². The Hall–Kier alpha value is -0.930. The maximum Gasteiger partial charge on any atom is 0.167 e. The summed E-state index contributed by atoms with van der Waals surface area (Å²) in [5, 5.41) is 0. The van der Waals surface area contributed by atoms with E-state index in [1.807, 2.05) is 48.5 Å². The van der Waals surface area contributed by atoms with Crippen molar-refractivity contribution in [1.29, 1.82) is 0 Å². The molecule has 0 saturated carbocycles. The highest BCUT2D eigenvalue weighted by Gasteiger charge is 2.08. The van der Waals surface area contributed by atoms with Gasteiger partial charge >= 0.3 is 0 Å². The van der Waals surface area contributed by atoms with Crippen LogP contribution in [0, 0.1) is 0 Å². The Kier molecular flexibility index (Phi) is 4.13. The number of ketones is 1. The molecule has 1 nitrogen and oxygen atoms in total. The van der Waals surface area contributed by atoms with E-state index < -0.39 is 0 Å². The van der Waals surface area contributed by atoms with E-state index >= 15 is 0 Å².